The molecule has 19 heavy (non-hydrogen) atoms. The summed E-state index contributed by atoms with van der Waals surface area (Å²) in [4.78, 5) is 2.48. The number of fused-ring (bicyclic) bond motifs is 2. The quantitative estimate of drug-likeness (QED) is 0.873. The van der Waals surface area contributed by atoms with Crippen LogP contribution in [0.3, 0.4) is 0 Å². The van der Waals surface area contributed by atoms with E-state index < -0.39 is 0 Å². The summed E-state index contributed by atoms with van der Waals surface area (Å²) < 4.78 is 0. The summed E-state index contributed by atoms with van der Waals surface area (Å²) >= 11 is 0. The van der Waals surface area contributed by atoms with Crippen LogP contribution in [0.4, 0.5) is 5.69 Å². The van der Waals surface area contributed by atoms with E-state index in [1.165, 1.54) is 31.5 Å². The van der Waals surface area contributed by atoms with Gasteiger partial charge in [0.15, 0.2) is 0 Å². The third-order valence-corrected chi connectivity index (χ3v) is 4.73. The highest BCUT2D eigenvalue weighted by molar-refractivity contribution is 5.56. The number of nitrogens with zero attached hydrogens (tertiary/aromatic N) is 1. The maximum absolute atomic E-state index is 10.3. The first-order chi connectivity index (χ1) is 9.19. The molecular formula is C16H24N2O. The molecule has 1 aliphatic heterocycles. The number of phenolic OH excluding ortho intramolecular Hbond substituents is 1. The third kappa shape index (κ3) is 2.32. The van der Waals surface area contributed by atoms with Crippen molar-refractivity contribution in [3.63, 3.8) is 0 Å². The van der Waals surface area contributed by atoms with Gasteiger partial charge in [-0.2, -0.15) is 0 Å². The van der Waals surface area contributed by atoms with E-state index in [2.05, 4.69) is 36.2 Å². The minimum Gasteiger partial charge on any atom is -0.508 e. The van der Waals surface area contributed by atoms with Crippen LogP contribution in [0.25, 0.3) is 0 Å². The van der Waals surface area contributed by atoms with Crippen molar-refractivity contribution in [3.8, 4) is 5.75 Å². The van der Waals surface area contributed by atoms with Gasteiger partial charge in [-0.1, -0.05) is 13.0 Å². The number of benzene rings is 1. The van der Waals surface area contributed by atoms with Crippen LogP contribution < -0.4 is 10.2 Å². The zero-order valence-corrected chi connectivity index (χ0v) is 11.9. The lowest BCUT2D eigenvalue weighted by Crippen LogP contribution is -2.31. The van der Waals surface area contributed by atoms with Crippen molar-refractivity contribution >= 4 is 5.69 Å². The van der Waals surface area contributed by atoms with Crippen LogP contribution in [-0.2, 0) is 0 Å². The maximum atomic E-state index is 10.3. The molecule has 2 aliphatic rings. The predicted octanol–water partition coefficient (Wildman–Crippen LogP) is 3.05. The minimum absolute atomic E-state index is 0.203. The van der Waals surface area contributed by atoms with Gasteiger partial charge in [-0.3, -0.25) is 0 Å². The van der Waals surface area contributed by atoms with Crippen molar-refractivity contribution in [2.45, 2.75) is 45.2 Å². The zero-order valence-electron chi connectivity index (χ0n) is 11.9. The lowest BCUT2D eigenvalue weighted by atomic mass is 10.0. The summed E-state index contributed by atoms with van der Waals surface area (Å²) in [5.41, 5.74) is 2.19. The molecule has 3 nitrogen and oxygen atoms in total. The molecule has 3 atom stereocenters. The second-order valence-corrected chi connectivity index (χ2v) is 6.01. The molecule has 0 spiro atoms. The first kappa shape index (κ1) is 12.8. The van der Waals surface area contributed by atoms with Crippen LogP contribution in [0.15, 0.2) is 18.2 Å². The zero-order chi connectivity index (χ0) is 13.4. The summed E-state index contributed by atoms with van der Waals surface area (Å²) in [6.45, 7) is 6.27. The number of nitrogens with one attached hydrogen (secondary N) is 1. The highest BCUT2D eigenvalue weighted by Crippen LogP contribution is 2.41. The Hall–Kier alpha value is -1.22. The summed E-state index contributed by atoms with van der Waals surface area (Å²) in [7, 11) is 0. The number of phenols is 1. The average Bonchev–Trinajstić information content (AvgIpc) is 3.01. The molecule has 1 saturated heterocycles. The van der Waals surface area contributed by atoms with E-state index in [4.69, 9.17) is 0 Å². The van der Waals surface area contributed by atoms with Gasteiger partial charge in [-0.25, -0.2) is 0 Å². The van der Waals surface area contributed by atoms with Gasteiger partial charge in [0.2, 0.25) is 0 Å². The summed E-state index contributed by atoms with van der Waals surface area (Å²) in [6, 6.07) is 7.10. The summed E-state index contributed by atoms with van der Waals surface area (Å²) in [5.74, 6) is 1.31. The number of hydrogen-bond donors (Lipinski definition) is 2. The van der Waals surface area contributed by atoms with Crippen molar-refractivity contribution in [1.82, 2.24) is 5.32 Å². The van der Waals surface area contributed by atoms with Crippen LogP contribution in [0.5, 0.6) is 5.75 Å². The van der Waals surface area contributed by atoms with Gasteiger partial charge in [0.25, 0.3) is 0 Å². The molecule has 2 bridgehead atoms. The van der Waals surface area contributed by atoms with Crippen LogP contribution in [0.1, 0.15) is 44.7 Å². The smallest absolute Gasteiger partial charge is 0.122 e. The maximum Gasteiger partial charge on any atom is 0.122 e. The largest absolute Gasteiger partial charge is 0.508 e. The molecule has 1 aromatic rings. The lowest BCUT2D eigenvalue weighted by molar-refractivity contribution is 0.454. The molecule has 1 heterocycles. The van der Waals surface area contributed by atoms with E-state index >= 15 is 0 Å². The molecule has 3 rings (SSSR count). The highest BCUT2D eigenvalue weighted by Gasteiger charge is 2.37. The van der Waals surface area contributed by atoms with Crippen molar-refractivity contribution in [2.75, 3.05) is 18.0 Å². The number of anilines is 1. The van der Waals surface area contributed by atoms with Crippen molar-refractivity contribution in [2.24, 2.45) is 5.92 Å². The van der Waals surface area contributed by atoms with Gasteiger partial charge < -0.3 is 15.3 Å². The molecular weight excluding hydrogens is 236 g/mol. The van der Waals surface area contributed by atoms with E-state index in [0.29, 0.717) is 11.8 Å². The van der Waals surface area contributed by atoms with Crippen LogP contribution >= 0.6 is 0 Å². The van der Waals surface area contributed by atoms with E-state index in [1.54, 1.807) is 0 Å². The van der Waals surface area contributed by atoms with Crippen LogP contribution in [0.2, 0.25) is 0 Å². The van der Waals surface area contributed by atoms with Gasteiger partial charge in [-0.15, -0.1) is 0 Å². The Bertz CT molecular complexity index is 460. The molecule has 104 valence electrons. The topological polar surface area (TPSA) is 35.5 Å². The fourth-order valence-corrected chi connectivity index (χ4v) is 3.73. The monoisotopic (exact) mass is 260 g/mol. The van der Waals surface area contributed by atoms with Crippen LogP contribution in [-0.4, -0.2) is 24.2 Å². The second kappa shape index (κ2) is 5.04. The minimum atomic E-state index is 0.203. The number of piperidine rings is 1. The molecule has 1 aliphatic carbocycles. The van der Waals surface area contributed by atoms with Gasteiger partial charge in [0.05, 0.1) is 0 Å². The van der Waals surface area contributed by atoms with Gasteiger partial charge >= 0.3 is 0 Å². The third-order valence-electron chi connectivity index (χ3n) is 4.73. The SMILES string of the molecule is CCNC(C)c1ccc(N2CC3CCC2C3)cc1O. The normalized spacial score (nSPS) is 26.9. The molecule has 3 heteroatoms. The molecule has 3 unspecified atom stereocenters. The van der Waals surface area contributed by atoms with Crippen LogP contribution in [0, 0.1) is 5.92 Å². The Balaban J connectivity index is 1.79. The summed E-state index contributed by atoms with van der Waals surface area (Å²) in [5, 5.41) is 13.6. The number of aromatic hydroxyl groups is 1. The summed E-state index contributed by atoms with van der Waals surface area (Å²) in [6.07, 6.45) is 4.06. The highest BCUT2D eigenvalue weighted by atomic mass is 16.3. The molecule has 0 aromatic heterocycles. The molecule has 0 radical (unpaired) electrons. The van der Waals surface area contributed by atoms with E-state index in [0.717, 1.165) is 18.0 Å². The van der Waals surface area contributed by atoms with E-state index in [1.807, 2.05) is 6.07 Å². The Morgan fingerprint density at radius 1 is 1.42 bits per heavy atom. The first-order valence-corrected chi connectivity index (χ1v) is 7.52. The Kier molecular flexibility index (Phi) is 3.40. The number of hydrogen-bond acceptors (Lipinski definition) is 3. The second-order valence-electron chi connectivity index (χ2n) is 6.01. The van der Waals surface area contributed by atoms with Crippen molar-refractivity contribution < 1.29 is 5.11 Å². The van der Waals surface area contributed by atoms with Crippen molar-refractivity contribution in [1.29, 1.82) is 0 Å². The average molecular weight is 260 g/mol. The van der Waals surface area contributed by atoms with Gasteiger partial charge in [0.1, 0.15) is 5.75 Å². The van der Waals surface area contributed by atoms with Gasteiger partial charge in [-0.05, 0) is 44.7 Å². The number of rotatable bonds is 4. The lowest BCUT2D eigenvalue weighted by Gasteiger charge is -2.29. The Morgan fingerprint density at radius 2 is 2.26 bits per heavy atom. The molecule has 1 aromatic carbocycles. The van der Waals surface area contributed by atoms with E-state index in [9.17, 15) is 5.11 Å². The molecule has 1 saturated carbocycles. The first-order valence-electron chi connectivity index (χ1n) is 7.52. The Morgan fingerprint density at radius 3 is 2.84 bits per heavy atom. The molecule has 2 N–H and O–H groups in total. The standard InChI is InChI=1S/C16H24N2O/c1-3-17-11(2)15-7-6-14(9-16(15)19)18-10-12-4-5-13(18)8-12/h6-7,9,11-13,17,19H,3-5,8,10H2,1-2H3. The van der Waals surface area contributed by atoms with Crippen molar-refractivity contribution in [3.05, 3.63) is 23.8 Å². The van der Waals surface area contributed by atoms with Gasteiger partial charge in [0, 0.05) is 35.9 Å². The Labute approximate surface area is 115 Å². The predicted molar refractivity (Wildman–Crippen MR) is 78.7 cm³/mol. The molecule has 0 amide bonds. The fraction of sp³-hybridized carbons (Fsp3) is 0.625. The van der Waals surface area contributed by atoms with E-state index in [-0.39, 0.29) is 6.04 Å². The molecule has 2 fully saturated rings. The fourth-order valence-electron chi connectivity index (χ4n) is 3.73.